The van der Waals surface area contributed by atoms with Crippen molar-refractivity contribution in [2.45, 2.75) is 60.5 Å². The summed E-state index contributed by atoms with van der Waals surface area (Å²) in [5, 5.41) is 3.10. The lowest BCUT2D eigenvalue weighted by atomic mass is 9.61. The zero-order chi connectivity index (χ0) is 15.2. The second-order valence-corrected chi connectivity index (χ2v) is 6.94. The molecule has 0 amide bonds. The third-order valence-corrected chi connectivity index (χ3v) is 4.32. The van der Waals surface area contributed by atoms with E-state index in [4.69, 9.17) is 0 Å². The fourth-order valence-electron chi connectivity index (χ4n) is 2.45. The largest absolute Gasteiger partial charge is 0.298 e. The van der Waals surface area contributed by atoms with Gasteiger partial charge in [0.1, 0.15) is 6.04 Å². The molecule has 4 heteroatoms. The predicted molar refractivity (Wildman–Crippen MR) is 73.8 cm³/mol. The van der Waals surface area contributed by atoms with Crippen LogP contribution in [0.4, 0.5) is 0 Å². The minimum absolute atomic E-state index is 0.0395. The van der Waals surface area contributed by atoms with Gasteiger partial charge in [0.15, 0.2) is 17.3 Å². The van der Waals surface area contributed by atoms with E-state index in [-0.39, 0.29) is 23.4 Å². The molecule has 0 radical (unpaired) electrons. The van der Waals surface area contributed by atoms with Crippen LogP contribution in [-0.4, -0.2) is 29.4 Å². The maximum Gasteiger partial charge on any atom is 0.170 e. The van der Waals surface area contributed by atoms with Gasteiger partial charge in [0.05, 0.1) is 10.8 Å². The molecule has 1 N–H and O–H groups in total. The lowest BCUT2D eigenvalue weighted by Crippen LogP contribution is -2.65. The summed E-state index contributed by atoms with van der Waals surface area (Å²) in [7, 11) is 0. The van der Waals surface area contributed by atoms with Crippen LogP contribution in [0.15, 0.2) is 0 Å². The Hall–Kier alpha value is -1.03. The van der Waals surface area contributed by atoms with Crippen LogP contribution in [-0.2, 0) is 14.4 Å². The minimum atomic E-state index is -1.11. The van der Waals surface area contributed by atoms with E-state index in [0.717, 1.165) is 0 Å². The molecule has 0 aromatic heterocycles. The molecule has 0 aromatic rings. The van der Waals surface area contributed by atoms with Crippen LogP contribution in [0.3, 0.4) is 0 Å². The van der Waals surface area contributed by atoms with Gasteiger partial charge >= 0.3 is 0 Å². The molecular weight excluding hydrogens is 242 g/mol. The van der Waals surface area contributed by atoms with Crippen molar-refractivity contribution >= 4 is 17.3 Å². The quantitative estimate of drug-likeness (QED) is 0.791. The number of ketones is 3. The molecule has 1 aliphatic carbocycles. The van der Waals surface area contributed by atoms with Crippen molar-refractivity contribution in [3.63, 3.8) is 0 Å². The highest BCUT2D eigenvalue weighted by molar-refractivity contribution is 6.30. The van der Waals surface area contributed by atoms with Crippen LogP contribution in [0.1, 0.15) is 48.5 Å². The number of Topliss-reactive ketones (excluding diaryl/α,β-unsaturated/α-hetero) is 3. The van der Waals surface area contributed by atoms with Crippen molar-refractivity contribution in [2.75, 3.05) is 0 Å². The fraction of sp³-hybridized carbons (Fsp3) is 0.800. The van der Waals surface area contributed by atoms with Crippen molar-refractivity contribution in [3.8, 4) is 0 Å². The van der Waals surface area contributed by atoms with Crippen LogP contribution < -0.4 is 5.32 Å². The van der Waals surface area contributed by atoms with Gasteiger partial charge in [-0.05, 0) is 40.5 Å². The van der Waals surface area contributed by atoms with Crippen LogP contribution in [0, 0.1) is 16.7 Å². The Kier molecular flexibility index (Phi) is 4.06. The van der Waals surface area contributed by atoms with Gasteiger partial charge in [0.2, 0.25) is 0 Å². The molecule has 0 saturated heterocycles. The number of carbonyl (C=O) groups is 3. The van der Waals surface area contributed by atoms with Crippen molar-refractivity contribution in [2.24, 2.45) is 16.7 Å². The summed E-state index contributed by atoms with van der Waals surface area (Å²) in [4.78, 5) is 37.1. The first-order valence-electron chi connectivity index (χ1n) is 6.83. The smallest absolute Gasteiger partial charge is 0.170 e. The van der Waals surface area contributed by atoms with Gasteiger partial charge in [0, 0.05) is 6.04 Å². The Morgan fingerprint density at radius 2 is 1.26 bits per heavy atom. The van der Waals surface area contributed by atoms with E-state index >= 15 is 0 Å². The van der Waals surface area contributed by atoms with Gasteiger partial charge in [-0.3, -0.25) is 19.7 Å². The number of nitrogens with one attached hydrogen (secondary N) is 1. The lowest BCUT2D eigenvalue weighted by Gasteiger charge is -2.41. The van der Waals surface area contributed by atoms with Crippen molar-refractivity contribution in [3.05, 3.63) is 0 Å². The molecule has 1 rings (SSSR count). The molecule has 0 spiro atoms. The zero-order valence-corrected chi connectivity index (χ0v) is 13.0. The van der Waals surface area contributed by atoms with Gasteiger partial charge in [-0.2, -0.15) is 0 Å². The number of hydrogen-bond donors (Lipinski definition) is 1. The number of hydrogen-bond acceptors (Lipinski definition) is 4. The maximum atomic E-state index is 12.4. The topological polar surface area (TPSA) is 63.2 Å². The standard InChI is InChI=1S/C15H25NO3/c1-8(2)9(3)16-10-11(17)14(4,5)13(19)15(6,7)12(10)18/h8-10,16H,1-7H3. The Bertz CT molecular complexity index is 391. The van der Waals surface area contributed by atoms with Gasteiger partial charge in [-0.25, -0.2) is 0 Å². The molecule has 1 fully saturated rings. The van der Waals surface area contributed by atoms with E-state index in [2.05, 4.69) is 5.32 Å². The molecule has 1 unspecified atom stereocenters. The second-order valence-electron chi connectivity index (χ2n) is 6.94. The Morgan fingerprint density at radius 3 is 1.58 bits per heavy atom. The Morgan fingerprint density at radius 1 is 0.895 bits per heavy atom. The molecular formula is C15H25NO3. The Balaban J connectivity index is 3.14. The molecule has 0 heterocycles. The number of rotatable bonds is 3. The van der Waals surface area contributed by atoms with Crippen LogP contribution in [0.25, 0.3) is 0 Å². The molecule has 0 bridgehead atoms. The third kappa shape index (κ3) is 2.50. The summed E-state index contributed by atoms with van der Waals surface area (Å²) in [6, 6.07) is -0.835. The first-order valence-corrected chi connectivity index (χ1v) is 6.83. The van der Waals surface area contributed by atoms with E-state index in [9.17, 15) is 14.4 Å². The van der Waals surface area contributed by atoms with Crippen LogP contribution in [0.2, 0.25) is 0 Å². The minimum Gasteiger partial charge on any atom is -0.298 e. The fourth-order valence-corrected chi connectivity index (χ4v) is 2.45. The SMILES string of the molecule is CC(C)C(C)NC1C(=O)C(C)(C)C(=O)C(C)(C)C1=O. The van der Waals surface area contributed by atoms with E-state index in [1.165, 1.54) is 0 Å². The molecule has 108 valence electrons. The summed E-state index contributed by atoms with van der Waals surface area (Å²) in [6.07, 6.45) is 0. The highest BCUT2D eigenvalue weighted by Crippen LogP contribution is 2.38. The predicted octanol–water partition coefficient (Wildman–Crippen LogP) is 1.76. The first-order chi connectivity index (χ1) is 8.44. The second kappa shape index (κ2) is 4.82. The molecule has 1 atom stereocenters. The summed E-state index contributed by atoms with van der Waals surface area (Å²) in [5.41, 5.74) is -2.21. The van der Waals surface area contributed by atoms with E-state index in [1.807, 2.05) is 20.8 Å². The van der Waals surface area contributed by atoms with Crippen molar-refractivity contribution in [1.29, 1.82) is 0 Å². The first kappa shape index (κ1) is 16.0. The van der Waals surface area contributed by atoms with Gasteiger partial charge in [-0.1, -0.05) is 13.8 Å². The average molecular weight is 267 g/mol. The van der Waals surface area contributed by atoms with E-state index < -0.39 is 16.9 Å². The summed E-state index contributed by atoms with van der Waals surface area (Å²) in [5.74, 6) is -0.599. The highest BCUT2D eigenvalue weighted by Gasteiger charge is 2.58. The monoisotopic (exact) mass is 267 g/mol. The zero-order valence-electron chi connectivity index (χ0n) is 13.0. The molecule has 1 saturated carbocycles. The molecule has 0 aromatic carbocycles. The summed E-state index contributed by atoms with van der Waals surface area (Å²) in [6.45, 7) is 12.4. The molecule has 19 heavy (non-hydrogen) atoms. The lowest BCUT2D eigenvalue weighted by molar-refractivity contribution is -0.158. The van der Waals surface area contributed by atoms with Crippen LogP contribution in [0.5, 0.6) is 0 Å². The van der Waals surface area contributed by atoms with E-state index in [0.29, 0.717) is 5.92 Å². The summed E-state index contributed by atoms with van der Waals surface area (Å²) < 4.78 is 0. The van der Waals surface area contributed by atoms with Crippen LogP contribution >= 0.6 is 0 Å². The van der Waals surface area contributed by atoms with Gasteiger partial charge in [0.25, 0.3) is 0 Å². The maximum absolute atomic E-state index is 12.4. The summed E-state index contributed by atoms with van der Waals surface area (Å²) >= 11 is 0. The Labute approximate surface area is 115 Å². The van der Waals surface area contributed by atoms with E-state index in [1.54, 1.807) is 27.7 Å². The van der Waals surface area contributed by atoms with Gasteiger partial charge in [-0.15, -0.1) is 0 Å². The number of carbonyl (C=O) groups excluding carboxylic acids is 3. The molecule has 0 aliphatic heterocycles. The van der Waals surface area contributed by atoms with Crippen molar-refractivity contribution < 1.29 is 14.4 Å². The average Bonchev–Trinajstić information content (AvgIpc) is 2.31. The molecule has 1 aliphatic rings. The van der Waals surface area contributed by atoms with Gasteiger partial charge < -0.3 is 0 Å². The third-order valence-electron chi connectivity index (χ3n) is 4.32. The normalized spacial score (nSPS) is 24.9. The van der Waals surface area contributed by atoms with Crippen molar-refractivity contribution in [1.82, 2.24) is 5.32 Å². The highest BCUT2D eigenvalue weighted by atomic mass is 16.2. The molecule has 4 nitrogen and oxygen atoms in total.